The number of hydrogen-bond donors (Lipinski definition) is 0. The minimum atomic E-state index is -0.679. The molecule has 1 heterocycles. The second-order valence-electron chi connectivity index (χ2n) is 6.49. The van der Waals surface area contributed by atoms with Crippen molar-refractivity contribution in [3.05, 3.63) is 29.8 Å². The predicted molar refractivity (Wildman–Crippen MR) is 84.4 cm³/mol. The van der Waals surface area contributed by atoms with Gasteiger partial charge in [-0.1, -0.05) is 0 Å². The third-order valence-electron chi connectivity index (χ3n) is 3.31. The van der Waals surface area contributed by atoms with Crippen LogP contribution in [0.4, 0.5) is 4.79 Å². The average molecular weight is 321 g/mol. The third-order valence-corrected chi connectivity index (χ3v) is 3.31. The van der Waals surface area contributed by atoms with E-state index in [4.69, 9.17) is 14.3 Å². The van der Waals surface area contributed by atoms with Crippen LogP contribution in [-0.4, -0.2) is 42.3 Å². The van der Waals surface area contributed by atoms with E-state index in [9.17, 15) is 9.59 Å². The van der Waals surface area contributed by atoms with Crippen molar-refractivity contribution in [3.63, 3.8) is 0 Å². The van der Waals surface area contributed by atoms with Crippen molar-refractivity contribution < 1.29 is 23.9 Å². The van der Waals surface area contributed by atoms with Crippen molar-refractivity contribution >= 4 is 12.4 Å². The highest BCUT2D eigenvalue weighted by molar-refractivity contribution is 5.74. The van der Waals surface area contributed by atoms with Gasteiger partial charge in [-0.15, -0.1) is 5.06 Å². The minimum absolute atomic E-state index is 0.0653. The Morgan fingerprint density at radius 3 is 2.30 bits per heavy atom. The maximum atomic E-state index is 11.6. The molecule has 1 aliphatic rings. The number of ether oxygens (including phenoxy) is 2. The van der Waals surface area contributed by atoms with E-state index in [0.29, 0.717) is 18.7 Å². The van der Waals surface area contributed by atoms with Crippen LogP contribution in [-0.2, 0) is 9.57 Å². The highest BCUT2D eigenvalue weighted by Gasteiger charge is 2.25. The predicted octanol–water partition coefficient (Wildman–Crippen LogP) is 3.21. The lowest BCUT2D eigenvalue weighted by molar-refractivity contribution is -0.158. The fraction of sp³-hybridized carbons (Fsp3) is 0.529. The zero-order valence-corrected chi connectivity index (χ0v) is 13.8. The molecule has 1 fully saturated rings. The first-order valence-electron chi connectivity index (χ1n) is 7.73. The van der Waals surface area contributed by atoms with Gasteiger partial charge in [0.1, 0.15) is 23.7 Å². The van der Waals surface area contributed by atoms with E-state index >= 15 is 0 Å². The van der Waals surface area contributed by atoms with E-state index in [0.717, 1.165) is 24.9 Å². The van der Waals surface area contributed by atoms with Crippen molar-refractivity contribution in [3.8, 4) is 5.75 Å². The Hall–Kier alpha value is -2.08. The second-order valence-corrected chi connectivity index (χ2v) is 6.49. The molecule has 0 amide bonds. The average Bonchev–Trinajstić information content (AvgIpc) is 2.48. The standard InChI is InChI=1S/C17H23NO5/c1-17(2,3)22-16(20)23-18-10-8-15(9-11-18)21-14-6-4-13(12-19)5-7-14/h4-7,12,15H,8-11H2,1-3H3. The number of aldehydes is 1. The van der Waals surface area contributed by atoms with Gasteiger partial charge in [-0.25, -0.2) is 4.79 Å². The molecule has 23 heavy (non-hydrogen) atoms. The number of carbonyl (C=O) groups excluding carboxylic acids is 2. The fourth-order valence-electron chi connectivity index (χ4n) is 2.23. The highest BCUT2D eigenvalue weighted by atomic mass is 16.8. The van der Waals surface area contributed by atoms with Crippen LogP contribution in [0.3, 0.4) is 0 Å². The summed E-state index contributed by atoms with van der Waals surface area (Å²) in [5.74, 6) is 0.738. The van der Waals surface area contributed by atoms with Gasteiger partial charge in [0.15, 0.2) is 0 Å². The van der Waals surface area contributed by atoms with Crippen LogP contribution in [0.15, 0.2) is 24.3 Å². The molecule has 0 saturated carbocycles. The summed E-state index contributed by atoms with van der Waals surface area (Å²) in [5.41, 5.74) is 0.0598. The Bertz CT molecular complexity index is 527. The molecule has 0 radical (unpaired) electrons. The van der Waals surface area contributed by atoms with E-state index < -0.39 is 11.8 Å². The number of carbonyl (C=O) groups is 2. The second kappa shape index (κ2) is 7.46. The van der Waals surface area contributed by atoms with E-state index in [1.165, 1.54) is 0 Å². The summed E-state index contributed by atoms with van der Waals surface area (Å²) in [6, 6.07) is 7.02. The Morgan fingerprint density at radius 1 is 1.17 bits per heavy atom. The quantitative estimate of drug-likeness (QED) is 0.627. The van der Waals surface area contributed by atoms with Crippen molar-refractivity contribution in [2.75, 3.05) is 13.1 Å². The first-order chi connectivity index (χ1) is 10.9. The molecule has 6 heteroatoms. The van der Waals surface area contributed by atoms with Crippen LogP contribution in [0, 0.1) is 0 Å². The van der Waals surface area contributed by atoms with Crippen molar-refractivity contribution in [2.45, 2.75) is 45.3 Å². The summed E-state index contributed by atoms with van der Waals surface area (Å²) < 4.78 is 11.0. The van der Waals surface area contributed by atoms with Crippen LogP contribution in [0.25, 0.3) is 0 Å². The lowest BCUT2D eigenvalue weighted by Gasteiger charge is -2.31. The molecule has 1 aromatic rings. The molecule has 1 aliphatic heterocycles. The number of hydroxylamine groups is 2. The Morgan fingerprint density at radius 2 is 1.78 bits per heavy atom. The molecule has 2 rings (SSSR count). The van der Waals surface area contributed by atoms with Gasteiger partial charge < -0.3 is 14.3 Å². The molecular formula is C17H23NO5. The van der Waals surface area contributed by atoms with Gasteiger partial charge in [-0.2, -0.15) is 0 Å². The van der Waals surface area contributed by atoms with Crippen LogP contribution in [0.1, 0.15) is 44.0 Å². The van der Waals surface area contributed by atoms with E-state index in [-0.39, 0.29) is 6.10 Å². The molecule has 0 aliphatic carbocycles. The van der Waals surface area contributed by atoms with E-state index in [1.807, 2.05) is 0 Å². The maximum absolute atomic E-state index is 11.6. The van der Waals surface area contributed by atoms with Crippen LogP contribution < -0.4 is 4.74 Å². The largest absolute Gasteiger partial charge is 0.528 e. The Balaban J connectivity index is 1.75. The Kier molecular flexibility index (Phi) is 5.60. The summed E-state index contributed by atoms with van der Waals surface area (Å²) in [7, 11) is 0. The van der Waals surface area contributed by atoms with Crippen LogP contribution >= 0.6 is 0 Å². The molecule has 0 unspecified atom stereocenters. The first kappa shape index (κ1) is 17.3. The van der Waals surface area contributed by atoms with Gasteiger partial charge >= 0.3 is 6.16 Å². The summed E-state index contributed by atoms with van der Waals surface area (Å²) in [4.78, 5) is 27.4. The summed E-state index contributed by atoms with van der Waals surface area (Å²) in [6.45, 7) is 6.57. The normalized spacial score (nSPS) is 16.7. The molecular weight excluding hydrogens is 298 g/mol. The van der Waals surface area contributed by atoms with Crippen molar-refractivity contribution in [1.82, 2.24) is 5.06 Å². The summed E-state index contributed by atoms with van der Waals surface area (Å²) >= 11 is 0. The maximum Gasteiger partial charge on any atom is 0.528 e. The minimum Gasteiger partial charge on any atom is -0.490 e. The van der Waals surface area contributed by atoms with Gasteiger partial charge in [0.2, 0.25) is 0 Å². The van der Waals surface area contributed by atoms with E-state index in [2.05, 4.69) is 0 Å². The third kappa shape index (κ3) is 5.90. The van der Waals surface area contributed by atoms with Gasteiger partial charge in [0.05, 0.1) is 0 Å². The zero-order chi connectivity index (χ0) is 16.9. The molecule has 6 nitrogen and oxygen atoms in total. The SMILES string of the molecule is CC(C)(C)OC(=O)ON1CCC(Oc2ccc(C=O)cc2)CC1. The smallest absolute Gasteiger partial charge is 0.490 e. The van der Waals surface area contributed by atoms with Gasteiger partial charge in [0, 0.05) is 31.5 Å². The number of nitrogens with zero attached hydrogens (tertiary/aromatic N) is 1. The lowest BCUT2D eigenvalue weighted by Crippen LogP contribution is -2.40. The Labute approximate surface area is 136 Å². The number of benzene rings is 1. The van der Waals surface area contributed by atoms with Crippen molar-refractivity contribution in [2.24, 2.45) is 0 Å². The molecule has 0 aromatic heterocycles. The van der Waals surface area contributed by atoms with Gasteiger partial charge in [-0.05, 0) is 45.0 Å². The number of piperidine rings is 1. The summed E-state index contributed by atoms with van der Waals surface area (Å²) in [6.07, 6.45) is 1.68. The highest BCUT2D eigenvalue weighted by Crippen LogP contribution is 2.20. The lowest BCUT2D eigenvalue weighted by atomic mass is 10.1. The number of hydrogen-bond acceptors (Lipinski definition) is 6. The van der Waals surface area contributed by atoms with Crippen LogP contribution in [0.5, 0.6) is 5.75 Å². The molecule has 0 N–H and O–H groups in total. The first-order valence-corrected chi connectivity index (χ1v) is 7.73. The molecule has 1 saturated heterocycles. The molecule has 1 aromatic carbocycles. The molecule has 0 atom stereocenters. The molecule has 126 valence electrons. The molecule has 0 spiro atoms. The zero-order valence-electron chi connectivity index (χ0n) is 13.8. The van der Waals surface area contributed by atoms with E-state index in [1.54, 1.807) is 50.1 Å². The monoisotopic (exact) mass is 321 g/mol. The topological polar surface area (TPSA) is 65.1 Å². The fourth-order valence-corrected chi connectivity index (χ4v) is 2.23. The van der Waals surface area contributed by atoms with Gasteiger partial charge in [0.25, 0.3) is 0 Å². The number of rotatable bonds is 4. The van der Waals surface area contributed by atoms with Crippen molar-refractivity contribution in [1.29, 1.82) is 0 Å². The molecule has 0 bridgehead atoms. The van der Waals surface area contributed by atoms with Crippen LogP contribution in [0.2, 0.25) is 0 Å². The van der Waals surface area contributed by atoms with Gasteiger partial charge in [-0.3, -0.25) is 4.79 Å². The summed E-state index contributed by atoms with van der Waals surface area (Å²) in [5, 5.41) is 1.60.